The van der Waals surface area contributed by atoms with Gasteiger partial charge in [-0.25, -0.2) is 4.79 Å². The van der Waals surface area contributed by atoms with Gasteiger partial charge >= 0.3 is 5.97 Å². The van der Waals surface area contributed by atoms with Gasteiger partial charge in [-0.05, 0) is 73.1 Å². The minimum absolute atomic E-state index is 0.183. The van der Waals surface area contributed by atoms with Crippen LogP contribution in [-0.4, -0.2) is 11.1 Å². The number of anilines is 1. The first-order chi connectivity index (χ1) is 11.0. The Morgan fingerprint density at radius 2 is 1.78 bits per heavy atom. The summed E-state index contributed by atoms with van der Waals surface area (Å²) in [4.78, 5) is 11.3. The van der Waals surface area contributed by atoms with Gasteiger partial charge in [0.05, 0.1) is 5.56 Å². The lowest BCUT2D eigenvalue weighted by atomic mass is 9.92. The molecule has 0 aliphatic heterocycles. The molecule has 0 saturated carbocycles. The molecule has 1 aliphatic rings. The molecule has 0 saturated heterocycles. The van der Waals surface area contributed by atoms with E-state index in [9.17, 15) is 9.90 Å². The molecule has 3 nitrogen and oxygen atoms in total. The number of nitrogen functional groups attached to an aromatic ring is 1. The number of carboxylic acids is 1. The highest BCUT2D eigenvalue weighted by atomic mass is 16.4. The molecule has 3 rings (SSSR count). The lowest BCUT2D eigenvalue weighted by Crippen LogP contribution is -2.03. The first kappa shape index (κ1) is 15.3. The Labute approximate surface area is 136 Å². The second kappa shape index (κ2) is 5.92. The highest BCUT2D eigenvalue weighted by molar-refractivity contribution is 5.98. The van der Waals surface area contributed by atoms with Crippen molar-refractivity contribution in [2.75, 3.05) is 5.73 Å². The van der Waals surface area contributed by atoms with Crippen LogP contribution in [0.3, 0.4) is 0 Å². The van der Waals surface area contributed by atoms with Crippen molar-refractivity contribution in [2.45, 2.75) is 33.1 Å². The van der Waals surface area contributed by atoms with E-state index in [4.69, 9.17) is 5.73 Å². The maximum atomic E-state index is 11.3. The van der Waals surface area contributed by atoms with E-state index in [-0.39, 0.29) is 5.56 Å². The molecule has 23 heavy (non-hydrogen) atoms. The van der Waals surface area contributed by atoms with Crippen LogP contribution in [0.1, 0.15) is 51.9 Å². The van der Waals surface area contributed by atoms with Crippen LogP contribution in [0.25, 0.3) is 11.1 Å². The summed E-state index contributed by atoms with van der Waals surface area (Å²) in [5.74, 6) is -0.976. The molecular weight excluding hydrogens is 286 g/mol. The van der Waals surface area contributed by atoms with Crippen LogP contribution in [0.15, 0.2) is 36.4 Å². The molecule has 0 amide bonds. The van der Waals surface area contributed by atoms with Gasteiger partial charge in [-0.15, -0.1) is 0 Å². The number of hydrogen-bond donors (Lipinski definition) is 2. The fourth-order valence-corrected chi connectivity index (χ4v) is 3.35. The summed E-state index contributed by atoms with van der Waals surface area (Å²) >= 11 is 0. The molecule has 0 unspecified atom stereocenters. The van der Waals surface area contributed by atoms with Crippen molar-refractivity contribution in [2.24, 2.45) is 0 Å². The Balaban J connectivity index is 2.15. The van der Waals surface area contributed by atoms with Crippen molar-refractivity contribution in [3.63, 3.8) is 0 Å². The van der Waals surface area contributed by atoms with Gasteiger partial charge < -0.3 is 10.8 Å². The van der Waals surface area contributed by atoms with Crippen LogP contribution in [0.4, 0.5) is 5.69 Å². The molecule has 0 heterocycles. The predicted molar refractivity (Wildman–Crippen MR) is 94.4 cm³/mol. The van der Waals surface area contributed by atoms with Crippen LogP contribution in [0.2, 0.25) is 0 Å². The van der Waals surface area contributed by atoms with Gasteiger partial charge in [-0.1, -0.05) is 29.8 Å². The van der Waals surface area contributed by atoms with Gasteiger partial charge in [0, 0.05) is 5.69 Å². The van der Waals surface area contributed by atoms with E-state index >= 15 is 0 Å². The quantitative estimate of drug-likeness (QED) is 0.809. The molecular formula is C20H21NO2. The third-order valence-corrected chi connectivity index (χ3v) is 4.57. The maximum Gasteiger partial charge on any atom is 0.337 e. The minimum Gasteiger partial charge on any atom is -0.478 e. The van der Waals surface area contributed by atoms with Crippen molar-refractivity contribution >= 4 is 22.8 Å². The predicted octanol–water partition coefficient (Wildman–Crippen LogP) is 4.68. The Bertz CT molecular complexity index is 818. The molecule has 0 atom stereocenters. The zero-order valence-corrected chi connectivity index (χ0v) is 13.5. The van der Waals surface area contributed by atoms with Crippen molar-refractivity contribution in [1.29, 1.82) is 0 Å². The lowest BCUT2D eigenvalue weighted by Gasteiger charge is -2.13. The Hall–Kier alpha value is -2.55. The average Bonchev–Trinajstić information content (AvgIpc) is 2.99. The Morgan fingerprint density at radius 1 is 1.04 bits per heavy atom. The summed E-state index contributed by atoms with van der Waals surface area (Å²) < 4.78 is 0. The lowest BCUT2D eigenvalue weighted by molar-refractivity contribution is 0.0698. The SMILES string of the molecule is Cc1ccc(C)c(C2=C(c3ccc(N)c(C(=O)O)c3)CCC2)c1. The zero-order chi connectivity index (χ0) is 16.6. The number of aromatic carboxylic acids is 1. The second-order valence-corrected chi connectivity index (χ2v) is 6.24. The zero-order valence-electron chi connectivity index (χ0n) is 13.5. The Morgan fingerprint density at radius 3 is 2.52 bits per heavy atom. The van der Waals surface area contributed by atoms with Gasteiger partial charge in [-0.3, -0.25) is 0 Å². The first-order valence-corrected chi connectivity index (χ1v) is 7.90. The van der Waals surface area contributed by atoms with Crippen molar-refractivity contribution in [3.8, 4) is 0 Å². The number of carbonyl (C=O) groups is 1. The normalized spacial score (nSPS) is 14.3. The fraction of sp³-hybridized carbons (Fsp3) is 0.250. The van der Waals surface area contributed by atoms with Gasteiger partial charge in [0.15, 0.2) is 0 Å². The van der Waals surface area contributed by atoms with Crippen LogP contribution < -0.4 is 5.73 Å². The molecule has 2 aromatic carbocycles. The number of aryl methyl sites for hydroxylation is 2. The van der Waals surface area contributed by atoms with E-state index in [1.807, 2.05) is 6.07 Å². The standard InChI is InChI=1S/C20H21NO2/c1-12-6-7-13(2)17(10-12)16-5-3-4-15(16)14-8-9-19(21)18(11-14)20(22)23/h6-11H,3-5,21H2,1-2H3,(H,22,23). The summed E-state index contributed by atoms with van der Waals surface area (Å²) in [5.41, 5.74) is 13.6. The third-order valence-electron chi connectivity index (χ3n) is 4.57. The molecule has 0 radical (unpaired) electrons. The number of benzene rings is 2. The summed E-state index contributed by atoms with van der Waals surface area (Å²) in [7, 11) is 0. The summed E-state index contributed by atoms with van der Waals surface area (Å²) in [5, 5.41) is 9.30. The second-order valence-electron chi connectivity index (χ2n) is 6.24. The van der Waals surface area contributed by atoms with Crippen LogP contribution in [-0.2, 0) is 0 Å². The van der Waals surface area contributed by atoms with E-state index in [0.717, 1.165) is 24.8 Å². The van der Waals surface area contributed by atoms with E-state index < -0.39 is 5.97 Å². The number of hydrogen-bond acceptors (Lipinski definition) is 2. The van der Waals surface area contributed by atoms with Crippen molar-refractivity contribution < 1.29 is 9.90 Å². The van der Waals surface area contributed by atoms with Crippen molar-refractivity contribution in [1.82, 2.24) is 0 Å². The molecule has 2 aromatic rings. The molecule has 3 heteroatoms. The van der Waals surface area contributed by atoms with Crippen LogP contribution in [0.5, 0.6) is 0 Å². The van der Waals surface area contributed by atoms with E-state index in [1.165, 1.54) is 27.8 Å². The number of nitrogens with two attached hydrogens (primary N) is 1. The van der Waals surface area contributed by atoms with Gasteiger partial charge in [0.2, 0.25) is 0 Å². The fourth-order valence-electron chi connectivity index (χ4n) is 3.35. The topological polar surface area (TPSA) is 63.3 Å². The van der Waals surface area contributed by atoms with Crippen LogP contribution >= 0.6 is 0 Å². The molecule has 1 aliphatic carbocycles. The summed E-state index contributed by atoms with van der Waals surface area (Å²) in [6.07, 6.45) is 3.11. The van der Waals surface area contributed by atoms with E-state index in [2.05, 4.69) is 32.0 Å². The summed E-state index contributed by atoms with van der Waals surface area (Å²) in [6, 6.07) is 11.9. The molecule has 0 aromatic heterocycles. The van der Waals surface area contributed by atoms with E-state index in [0.29, 0.717) is 5.69 Å². The average molecular weight is 307 g/mol. The minimum atomic E-state index is -0.976. The largest absolute Gasteiger partial charge is 0.478 e. The molecule has 118 valence electrons. The number of allylic oxidation sites excluding steroid dienone is 2. The Kier molecular flexibility index (Phi) is 3.95. The van der Waals surface area contributed by atoms with Gasteiger partial charge in [0.25, 0.3) is 0 Å². The smallest absolute Gasteiger partial charge is 0.337 e. The number of rotatable bonds is 3. The first-order valence-electron chi connectivity index (χ1n) is 7.90. The number of carboxylic acid groups (broad SMARTS) is 1. The molecule has 0 spiro atoms. The summed E-state index contributed by atoms with van der Waals surface area (Å²) in [6.45, 7) is 4.23. The highest BCUT2D eigenvalue weighted by Gasteiger charge is 2.20. The van der Waals surface area contributed by atoms with Crippen LogP contribution in [0, 0.1) is 13.8 Å². The monoisotopic (exact) mass is 307 g/mol. The van der Waals surface area contributed by atoms with Gasteiger partial charge in [0.1, 0.15) is 0 Å². The van der Waals surface area contributed by atoms with Gasteiger partial charge in [-0.2, -0.15) is 0 Å². The highest BCUT2D eigenvalue weighted by Crippen LogP contribution is 2.41. The molecule has 3 N–H and O–H groups in total. The van der Waals surface area contributed by atoms with E-state index in [1.54, 1.807) is 12.1 Å². The maximum absolute atomic E-state index is 11.3. The molecule has 0 bridgehead atoms. The third kappa shape index (κ3) is 2.87. The molecule has 0 fully saturated rings. The van der Waals surface area contributed by atoms with Crippen molar-refractivity contribution in [3.05, 3.63) is 64.2 Å².